The minimum Gasteiger partial charge on any atom is -0.497 e. The van der Waals surface area contributed by atoms with Gasteiger partial charge in [-0.3, -0.25) is 4.79 Å². The number of nitrogens with zero attached hydrogens (tertiary/aromatic N) is 3. The molecule has 0 radical (unpaired) electrons. The highest BCUT2D eigenvalue weighted by Crippen LogP contribution is 2.19. The van der Waals surface area contributed by atoms with Crippen LogP contribution in [-0.4, -0.2) is 28.1 Å². The van der Waals surface area contributed by atoms with Crippen LogP contribution in [0.3, 0.4) is 0 Å². The Morgan fingerprint density at radius 2 is 2.12 bits per heavy atom. The molecule has 3 aromatic rings. The Balaban J connectivity index is 1.74. The van der Waals surface area contributed by atoms with Crippen molar-refractivity contribution in [3.63, 3.8) is 0 Å². The van der Waals surface area contributed by atoms with Gasteiger partial charge in [-0.1, -0.05) is 11.2 Å². The SMILES string of the molecule is COc1cccc(Nc2nccc(C(=O)Nc3cc(C)on3)n2)c1. The van der Waals surface area contributed by atoms with Crippen molar-refractivity contribution in [3.8, 4) is 5.75 Å². The number of hydrogen-bond donors (Lipinski definition) is 2. The van der Waals surface area contributed by atoms with Crippen molar-refractivity contribution in [1.82, 2.24) is 15.1 Å². The first kappa shape index (κ1) is 15.5. The number of carbonyl (C=O) groups excluding carboxylic acids is 1. The van der Waals surface area contributed by atoms with Crippen LogP contribution in [0.2, 0.25) is 0 Å². The molecule has 0 bridgehead atoms. The molecule has 8 heteroatoms. The number of benzene rings is 1. The number of amides is 1. The van der Waals surface area contributed by atoms with E-state index in [0.717, 1.165) is 5.69 Å². The second-order valence-electron chi connectivity index (χ2n) is 4.90. The standard InChI is InChI=1S/C16H15N5O3/c1-10-8-14(21-24-10)20-15(22)13-6-7-17-16(19-13)18-11-4-3-5-12(9-11)23-2/h3-9H,1-2H3,(H,17,18,19)(H,20,21,22). The Labute approximate surface area is 137 Å². The number of anilines is 3. The number of aromatic nitrogens is 3. The average Bonchev–Trinajstić information content (AvgIpc) is 3.00. The molecule has 8 nitrogen and oxygen atoms in total. The lowest BCUT2D eigenvalue weighted by Gasteiger charge is -2.07. The van der Waals surface area contributed by atoms with Crippen molar-refractivity contribution in [2.75, 3.05) is 17.7 Å². The van der Waals surface area contributed by atoms with E-state index in [0.29, 0.717) is 23.3 Å². The third-order valence-corrected chi connectivity index (χ3v) is 3.08. The van der Waals surface area contributed by atoms with Gasteiger partial charge < -0.3 is 19.9 Å². The molecule has 0 saturated carbocycles. The number of carbonyl (C=O) groups is 1. The number of nitrogens with one attached hydrogen (secondary N) is 2. The second-order valence-corrected chi connectivity index (χ2v) is 4.90. The van der Waals surface area contributed by atoms with Gasteiger partial charge in [0.25, 0.3) is 5.91 Å². The largest absolute Gasteiger partial charge is 0.497 e. The number of ether oxygens (including phenoxy) is 1. The van der Waals surface area contributed by atoms with Gasteiger partial charge in [0.05, 0.1) is 7.11 Å². The van der Waals surface area contributed by atoms with Crippen LogP contribution in [0, 0.1) is 6.92 Å². The van der Waals surface area contributed by atoms with Crippen LogP contribution in [0.15, 0.2) is 47.1 Å². The quantitative estimate of drug-likeness (QED) is 0.743. The third-order valence-electron chi connectivity index (χ3n) is 3.08. The van der Waals surface area contributed by atoms with Gasteiger partial charge in [-0.15, -0.1) is 0 Å². The first-order chi connectivity index (χ1) is 11.6. The smallest absolute Gasteiger partial charge is 0.275 e. The molecule has 0 unspecified atom stereocenters. The lowest BCUT2D eigenvalue weighted by atomic mass is 10.3. The van der Waals surface area contributed by atoms with E-state index in [9.17, 15) is 4.79 Å². The predicted molar refractivity (Wildman–Crippen MR) is 87.5 cm³/mol. The van der Waals surface area contributed by atoms with E-state index in [1.807, 2.05) is 18.2 Å². The summed E-state index contributed by atoms with van der Waals surface area (Å²) in [7, 11) is 1.59. The van der Waals surface area contributed by atoms with Gasteiger partial charge in [-0.25, -0.2) is 9.97 Å². The van der Waals surface area contributed by atoms with E-state index in [4.69, 9.17) is 9.26 Å². The van der Waals surface area contributed by atoms with Crippen LogP contribution in [0.5, 0.6) is 5.75 Å². The molecule has 0 saturated heterocycles. The molecule has 2 heterocycles. The Hall–Kier alpha value is -3.42. The monoisotopic (exact) mass is 325 g/mol. The average molecular weight is 325 g/mol. The van der Waals surface area contributed by atoms with Gasteiger partial charge in [0.1, 0.15) is 17.2 Å². The topological polar surface area (TPSA) is 102 Å². The van der Waals surface area contributed by atoms with Gasteiger partial charge in [0.15, 0.2) is 5.82 Å². The zero-order valence-corrected chi connectivity index (χ0v) is 13.1. The maximum Gasteiger partial charge on any atom is 0.275 e. The van der Waals surface area contributed by atoms with Gasteiger partial charge in [0, 0.05) is 24.0 Å². The molecule has 24 heavy (non-hydrogen) atoms. The molecule has 0 atom stereocenters. The van der Waals surface area contributed by atoms with Crippen molar-refractivity contribution in [1.29, 1.82) is 0 Å². The second kappa shape index (κ2) is 6.78. The van der Waals surface area contributed by atoms with Crippen LogP contribution in [0.1, 0.15) is 16.2 Å². The van der Waals surface area contributed by atoms with Crippen LogP contribution < -0.4 is 15.4 Å². The molecule has 122 valence electrons. The number of rotatable bonds is 5. The highest BCUT2D eigenvalue weighted by molar-refractivity contribution is 6.02. The fraction of sp³-hybridized carbons (Fsp3) is 0.125. The summed E-state index contributed by atoms with van der Waals surface area (Å²) in [5.41, 5.74) is 0.954. The molecule has 0 fully saturated rings. The first-order valence-electron chi connectivity index (χ1n) is 7.13. The lowest BCUT2D eigenvalue weighted by molar-refractivity contribution is 0.102. The number of methoxy groups -OCH3 is 1. The Morgan fingerprint density at radius 3 is 2.88 bits per heavy atom. The molecular weight excluding hydrogens is 310 g/mol. The third kappa shape index (κ3) is 3.67. The normalized spacial score (nSPS) is 10.2. The van der Waals surface area contributed by atoms with E-state index in [2.05, 4.69) is 25.8 Å². The highest BCUT2D eigenvalue weighted by atomic mass is 16.5. The van der Waals surface area contributed by atoms with Crippen molar-refractivity contribution in [2.24, 2.45) is 0 Å². The van der Waals surface area contributed by atoms with Gasteiger partial charge in [0.2, 0.25) is 5.95 Å². The summed E-state index contributed by atoms with van der Waals surface area (Å²) in [5.74, 6) is 1.54. The van der Waals surface area contributed by atoms with Crippen LogP contribution >= 0.6 is 0 Å². The Kier molecular flexibility index (Phi) is 4.37. The predicted octanol–water partition coefficient (Wildman–Crippen LogP) is 2.78. The fourth-order valence-electron chi connectivity index (χ4n) is 1.98. The minimum atomic E-state index is -0.403. The number of aryl methyl sites for hydroxylation is 1. The minimum absolute atomic E-state index is 0.205. The summed E-state index contributed by atoms with van der Waals surface area (Å²) in [5, 5.41) is 9.34. The molecule has 0 aliphatic heterocycles. The van der Waals surface area contributed by atoms with Gasteiger partial charge in [-0.2, -0.15) is 0 Å². The fourth-order valence-corrected chi connectivity index (χ4v) is 1.98. The zero-order chi connectivity index (χ0) is 16.9. The zero-order valence-electron chi connectivity index (χ0n) is 13.1. The molecule has 2 aromatic heterocycles. The maximum atomic E-state index is 12.2. The highest BCUT2D eigenvalue weighted by Gasteiger charge is 2.11. The molecule has 1 amide bonds. The van der Waals surface area contributed by atoms with Gasteiger partial charge in [-0.05, 0) is 25.1 Å². The summed E-state index contributed by atoms with van der Waals surface area (Å²) in [6.45, 7) is 1.74. The van der Waals surface area contributed by atoms with Gasteiger partial charge >= 0.3 is 0 Å². The van der Waals surface area contributed by atoms with E-state index in [1.54, 1.807) is 26.2 Å². The molecule has 1 aromatic carbocycles. The maximum absolute atomic E-state index is 12.2. The van der Waals surface area contributed by atoms with Crippen molar-refractivity contribution in [2.45, 2.75) is 6.92 Å². The van der Waals surface area contributed by atoms with E-state index < -0.39 is 5.91 Å². The van der Waals surface area contributed by atoms with E-state index >= 15 is 0 Å². The summed E-state index contributed by atoms with van der Waals surface area (Å²) in [4.78, 5) is 20.5. The van der Waals surface area contributed by atoms with Crippen LogP contribution in [0.4, 0.5) is 17.5 Å². The lowest BCUT2D eigenvalue weighted by Crippen LogP contribution is -2.15. The van der Waals surface area contributed by atoms with E-state index in [1.165, 1.54) is 12.3 Å². The summed E-state index contributed by atoms with van der Waals surface area (Å²) in [6, 6.07) is 10.4. The van der Waals surface area contributed by atoms with Crippen molar-refractivity contribution in [3.05, 3.63) is 54.0 Å². The molecule has 2 N–H and O–H groups in total. The first-order valence-corrected chi connectivity index (χ1v) is 7.13. The number of hydrogen-bond acceptors (Lipinski definition) is 7. The molecule has 0 spiro atoms. The summed E-state index contributed by atoms with van der Waals surface area (Å²) in [6.07, 6.45) is 1.50. The molecular formula is C16H15N5O3. The molecule has 3 rings (SSSR count). The molecule has 0 aliphatic rings. The van der Waals surface area contributed by atoms with Crippen molar-refractivity contribution < 1.29 is 14.1 Å². The van der Waals surface area contributed by atoms with E-state index in [-0.39, 0.29) is 5.69 Å². The summed E-state index contributed by atoms with van der Waals surface area (Å²) < 4.78 is 10.1. The Morgan fingerprint density at radius 1 is 1.25 bits per heavy atom. The van der Waals surface area contributed by atoms with Crippen molar-refractivity contribution >= 4 is 23.4 Å². The summed E-state index contributed by atoms with van der Waals surface area (Å²) >= 11 is 0. The van der Waals surface area contributed by atoms with Crippen LogP contribution in [0.25, 0.3) is 0 Å². The Bertz CT molecular complexity index is 862. The molecule has 0 aliphatic carbocycles. The van der Waals surface area contributed by atoms with Crippen LogP contribution in [-0.2, 0) is 0 Å².